The summed E-state index contributed by atoms with van der Waals surface area (Å²) in [6, 6.07) is 24.0. The Hall–Kier alpha value is -3.92. The van der Waals surface area contributed by atoms with Crippen LogP contribution < -0.4 is 0 Å². The molecule has 0 spiro atoms. The van der Waals surface area contributed by atoms with Crippen LogP contribution >= 0.6 is 0 Å². The minimum atomic E-state index is -0.343. The summed E-state index contributed by atoms with van der Waals surface area (Å²) in [5.41, 5.74) is 6.31. The van der Waals surface area contributed by atoms with Crippen molar-refractivity contribution >= 4 is 11.7 Å². The summed E-state index contributed by atoms with van der Waals surface area (Å²) < 4.78 is 6.12. The number of nitrogens with zero attached hydrogens (tertiary/aromatic N) is 1. The van der Waals surface area contributed by atoms with Crippen molar-refractivity contribution in [2.45, 2.75) is 52.2 Å². The van der Waals surface area contributed by atoms with Crippen molar-refractivity contribution in [2.75, 3.05) is 0 Å². The highest BCUT2D eigenvalue weighted by atomic mass is 16.6. The van der Waals surface area contributed by atoms with Crippen LogP contribution in [-0.4, -0.2) is 11.7 Å². The molecule has 0 unspecified atom stereocenters. The Morgan fingerprint density at radius 3 is 2.42 bits per heavy atom. The third-order valence-corrected chi connectivity index (χ3v) is 6.14. The lowest BCUT2D eigenvalue weighted by Gasteiger charge is -2.20. The van der Waals surface area contributed by atoms with E-state index < -0.39 is 0 Å². The number of rotatable bonds is 4. The first-order chi connectivity index (χ1) is 17.6. The van der Waals surface area contributed by atoms with Gasteiger partial charge in [-0.25, -0.2) is 4.79 Å². The second kappa shape index (κ2) is 12.7. The summed E-state index contributed by atoms with van der Waals surface area (Å²) in [6.45, 7) is 4.40. The summed E-state index contributed by atoms with van der Waals surface area (Å²) in [5.74, 6) is -0.310. The molecule has 0 bridgehead atoms. The van der Waals surface area contributed by atoms with E-state index in [9.17, 15) is 4.79 Å². The first-order valence-electron chi connectivity index (χ1n) is 12.5. The maximum atomic E-state index is 13.6. The van der Waals surface area contributed by atoms with Crippen LogP contribution in [0.1, 0.15) is 63.5 Å². The highest BCUT2D eigenvalue weighted by Crippen LogP contribution is 2.27. The Kier molecular flexibility index (Phi) is 8.87. The predicted molar refractivity (Wildman–Crippen MR) is 145 cm³/mol. The number of fused-ring (bicyclic) bond motifs is 1. The molecule has 0 aliphatic carbocycles. The van der Waals surface area contributed by atoms with E-state index in [1.807, 2.05) is 92.7 Å². The average molecular weight is 480 g/mol. The number of oxime groups is 1. The number of ether oxygens (including phenoxy) is 1. The van der Waals surface area contributed by atoms with Crippen LogP contribution in [-0.2, 0) is 22.6 Å². The molecule has 36 heavy (non-hydrogen) atoms. The maximum absolute atomic E-state index is 13.6. The van der Waals surface area contributed by atoms with Gasteiger partial charge in [0.05, 0.1) is 11.3 Å². The molecule has 1 heterocycles. The van der Waals surface area contributed by atoms with Crippen molar-refractivity contribution in [2.24, 2.45) is 5.16 Å². The van der Waals surface area contributed by atoms with Crippen molar-refractivity contribution in [1.29, 1.82) is 0 Å². The van der Waals surface area contributed by atoms with Gasteiger partial charge < -0.3 is 9.57 Å². The van der Waals surface area contributed by atoms with Gasteiger partial charge in [-0.05, 0) is 55.0 Å². The zero-order valence-electron chi connectivity index (χ0n) is 21.0. The number of allylic oxidation sites excluding steroid dienone is 3. The minimum Gasteiger partial charge on any atom is -0.454 e. The molecule has 0 fully saturated rings. The molecule has 0 radical (unpaired) electrons. The largest absolute Gasteiger partial charge is 0.454 e. The van der Waals surface area contributed by atoms with E-state index in [4.69, 9.17) is 9.57 Å². The summed E-state index contributed by atoms with van der Waals surface area (Å²) >= 11 is 0. The lowest BCUT2D eigenvalue weighted by Crippen LogP contribution is -2.16. The number of carbonyl (C=O) groups excluding carboxylic acids is 1. The van der Waals surface area contributed by atoms with Gasteiger partial charge in [0, 0.05) is 12.8 Å². The molecule has 1 atom stereocenters. The molecule has 3 aromatic rings. The Labute approximate surface area is 214 Å². The summed E-state index contributed by atoms with van der Waals surface area (Å²) in [4.78, 5) is 19.3. The molecule has 0 saturated heterocycles. The SMILES string of the molecule is Cc1cc(C)c2c(c1)CC(=NOCc1ccccc1)/C=C/CC/C=C/C[C@@H](c1ccccc1)OC2=O. The number of hydrogen-bond acceptors (Lipinski definition) is 4. The zero-order valence-corrected chi connectivity index (χ0v) is 21.0. The maximum Gasteiger partial charge on any atom is 0.339 e. The topological polar surface area (TPSA) is 47.9 Å². The fourth-order valence-corrected chi connectivity index (χ4v) is 4.43. The first-order valence-corrected chi connectivity index (χ1v) is 12.5. The van der Waals surface area contributed by atoms with Crippen molar-refractivity contribution in [1.82, 2.24) is 0 Å². The summed E-state index contributed by atoms with van der Waals surface area (Å²) in [5, 5.41) is 4.45. The molecule has 0 N–H and O–H groups in total. The van der Waals surface area contributed by atoms with Crippen molar-refractivity contribution in [3.8, 4) is 0 Å². The third-order valence-electron chi connectivity index (χ3n) is 6.14. The van der Waals surface area contributed by atoms with Gasteiger partial charge in [0.1, 0.15) is 12.7 Å². The standard InChI is InChI=1S/C32H33NO3/c1-24-20-25(2)31-28(21-24)22-29(33-35-23-26-14-8-6-9-15-26)18-12-4-3-5-13-19-30(36-32(31)34)27-16-10-7-11-17-27/h5-18,20-21,30H,3-4,19,22-23H2,1-2H3/b13-5+,18-12+,33-29?/t30-/m0/s1. The van der Waals surface area contributed by atoms with Crippen molar-refractivity contribution in [3.05, 3.63) is 130 Å². The van der Waals surface area contributed by atoms with Crippen molar-refractivity contribution < 1.29 is 14.4 Å². The fraction of sp³-hybridized carbons (Fsp3) is 0.250. The lowest BCUT2D eigenvalue weighted by atomic mass is 9.94. The fourth-order valence-electron chi connectivity index (χ4n) is 4.43. The highest BCUT2D eigenvalue weighted by Gasteiger charge is 2.22. The smallest absolute Gasteiger partial charge is 0.339 e. The second-order valence-electron chi connectivity index (χ2n) is 9.13. The van der Waals surface area contributed by atoms with Gasteiger partial charge in [-0.2, -0.15) is 0 Å². The molecule has 4 nitrogen and oxygen atoms in total. The van der Waals surface area contributed by atoms with E-state index in [1.165, 1.54) is 0 Å². The van der Waals surface area contributed by atoms with E-state index in [0.29, 0.717) is 25.0 Å². The average Bonchev–Trinajstić information content (AvgIpc) is 2.87. The molecule has 0 saturated carbocycles. The molecule has 1 aliphatic heterocycles. The summed E-state index contributed by atoms with van der Waals surface area (Å²) in [7, 11) is 0. The zero-order chi connectivity index (χ0) is 25.2. The number of carbonyl (C=O) groups is 1. The van der Waals surface area contributed by atoms with Crippen LogP contribution in [0.15, 0.2) is 102 Å². The van der Waals surface area contributed by atoms with E-state index in [-0.39, 0.29) is 12.1 Å². The van der Waals surface area contributed by atoms with Crippen molar-refractivity contribution in [3.63, 3.8) is 0 Å². The predicted octanol–water partition coefficient (Wildman–Crippen LogP) is 7.61. The van der Waals surface area contributed by atoms with Gasteiger partial charge in [0.25, 0.3) is 0 Å². The lowest BCUT2D eigenvalue weighted by molar-refractivity contribution is 0.0301. The number of benzene rings is 3. The first kappa shape index (κ1) is 25.2. The Morgan fingerprint density at radius 1 is 0.917 bits per heavy atom. The molecule has 0 aromatic heterocycles. The van der Waals surface area contributed by atoms with Gasteiger partial charge in [-0.1, -0.05) is 102 Å². The monoisotopic (exact) mass is 479 g/mol. The highest BCUT2D eigenvalue weighted by molar-refractivity contribution is 6.00. The molecule has 4 heteroatoms. The summed E-state index contributed by atoms with van der Waals surface area (Å²) in [6.07, 6.45) is 10.9. The van der Waals surface area contributed by atoms with E-state index in [1.54, 1.807) is 0 Å². The quantitative estimate of drug-likeness (QED) is 0.220. The van der Waals surface area contributed by atoms with Crippen LogP contribution in [0.4, 0.5) is 0 Å². The van der Waals surface area contributed by atoms with E-state index >= 15 is 0 Å². The van der Waals surface area contributed by atoms with Gasteiger partial charge in [0.15, 0.2) is 0 Å². The number of esters is 1. The Balaban J connectivity index is 1.66. The number of aryl methyl sites for hydroxylation is 2. The Morgan fingerprint density at radius 2 is 1.64 bits per heavy atom. The van der Waals surface area contributed by atoms with Crippen LogP contribution in [0, 0.1) is 13.8 Å². The van der Waals surface area contributed by atoms with Gasteiger partial charge in [-0.15, -0.1) is 0 Å². The third kappa shape index (κ3) is 7.05. The van der Waals surface area contributed by atoms with Crippen LogP contribution in [0.2, 0.25) is 0 Å². The van der Waals surface area contributed by atoms with Crippen LogP contribution in [0.5, 0.6) is 0 Å². The Bertz CT molecular complexity index is 1240. The van der Waals surface area contributed by atoms with E-state index in [2.05, 4.69) is 23.4 Å². The second-order valence-corrected chi connectivity index (χ2v) is 9.13. The van der Waals surface area contributed by atoms with Gasteiger partial charge >= 0.3 is 5.97 Å². The van der Waals surface area contributed by atoms with Crippen LogP contribution in [0.3, 0.4) is 0 Å². The number of cyclic esters (lactones) is 1. The molecular weight excluding hydrogens is 446 g/mol. The van der Waals surface area contributed by atoms with Gasteiger partial charge in [-0.3, -0.25) is 0 Å². The molecule has 4 rings (SSSR count). The van der Waals surface area contributed by atoms with Crippen LogP contribution in [0.25, 0.3) is 0 Å². The minimum absolute atomic E-state index is 0.310. The molecule has 1 aliphatic rings. The van der Waals surface area contributed by atoms with E-state index in [0.717, 1.165) is 46.4 Å². The normalized spacial score (nSPS) is 19.6. The molecule has 3 aromatic carbocycles. The van der Waals surface area contributed by atoms with Gasteiger partial charge in [0.2, 0.25) is 0 Å². The number of hydrogen-bond donors (Lipinski definition) is 0. The molecular formula is C32H33NO3. The molecule has 0 amide bonds. The molecule has 184 valence electrons.